The van der Waals surface area contributed by atoms with E-state index in [9.17, 15) is 15.2 Å². The van der Waals surface area contributed by atoms with E-state index in [1.807, 2.05) is 33.8 Å². The second-order valence-corrected chi connectivity index (χ2v) is 6.40. The number of phenolic OH excluding ortho intramolecular Hbond substituents is 1. The van der Waals surface area contributed by atoms with E-state index in [-0.39, 0.29) is 16.9 Å². The van der Waals surface area contributed by atoms with E-state index in [1.165, 1.54) is 24.3 Å². The number of aromatic hydroxyl groups is 1. The van der Waals surface area contributed by atoms with Crippen molar-refractivity contribution in [1.82, 2.24) is 0 Å². The van der Waals surface area contributed by atoms with Gasteiger partial charge >= 0.3 is 0 Å². The number of non-ortho nitro benzene ring substituents is 1. The van der Waals surface area contributed by atoms with Crippen LogP contribution < -0.4 is 0 Å². The minimum atomic E-state index is -0.469. The van der Waals surface area contributed by atoms with Crippen LogP contribution in [0.2, 0.25) is 0 Å². The van der Waals surface area contributed by atoms with Crippen molar-refractivity contribution in [2.75, 3.05) is 0 Å². The highest BCUT2D eigenvalue weighted by molar-refractivity contribution is 5.59. The van der Waals surface area contributed by atoms with Gasteiger partial charge in [0.2, 0.25) is 0 Å². The summed E-state index contributed by atoms with van der Waals surface area (Å²) in [6.07, 6.45) is 0. The molecule has 0 aliphatic heterocycles. The minimum Gasteiger partial charge on any atom is -0.505 e. The summed E-state index contributed by atoms with van der Waals surface area (Å²) >= 11 is 0. The fraction of sp³-hybridized carbons (Fsp3) is 0.294. The van der Waals surface area contributed by atoms with E-state index in [0.717, 1.165) is 11.1 Å². The second kappa shape index (κ2) is 6.16. The maximum atomic E-state index is 10.6. The van der Waals surface area contributed by atoms with Crippen molar-refractivity contribution in [3.63, 3.8) is 0 Å². The molecule has 0 bridgehead atoms. The van der Waals surface area contributed by atoms with Gasteiger partial charge < -0.3 is 5.11 Å². The maximum Gasteiger partial charge on any atom is 0.269 e. The Morgan fingerprint density at radius 3 is 2.22 bits per heavy atom. The van der Waals surface area contributed by atoms with Crippen molar-refractivity contribution >= 4 is 17.1 Å². The summed E-state index contributed by atoms with van der Waals surface area (Å²) in [5, 5.41) is 29.2. The van der Waals surface area contributed by atoms with E-state index in [4.69, 9.17) is 0 Å². The lowest BCUT2D eigenvalue weighted by Gasteiger charge is -2.21. The number of hydrogen-bond donors (Lipinski definition) is 1. The molecule has 0 saturated carbocycles. The molecular weight excluding hydrogens is 294 g/mol. The average molecular weight is 313 g/mol. The second-order valence-electron chi connectivity index (χ2n) is 6.40. The molecule has 1 N–H and O–H groups in total. The van der Waals surface area contributed by atoms with Crippen LogP contribution in [0.4, 0.5) is 17.1 Å². The number of rotatable bonds is 3. The first-order valence-electron chi connectivity index (χ1n) is 7.19. The van der Waals surface area contributed by atoms with Gasteiger partial charge in [0.25, 0.3) is 5.69 Å². The molecule has 0 atom stereocenters. The molecule has 2 aromatic carbocycles. The number of nitro benzene ring substituents is 1. The van der Waals surface area contributed by atoms with Crippen LogP contribution in [0.1, 0.15) is 31.9 Å². The predicted octanol–water partition coefficient (Wildman–Crippen LogP) is 5.32. The van der Waals surface area contributed by atoms with Gasteiger partial charge in [0.15, 0.2) is 0 Å². The first-order valence-corrected chi connectivity index (χ1v) is 7.19. The topological polar surface area (TPSA) is 88.1 Å². The van der Waals surface area contributed by atoms with Crippen molar-refractivity contribution in [2.24, 2.45) is 10.2 Å². The zero-order chi connectivity index (χ0) is 17.2. The van der Waals surface area contributed by atoms with Gasteiger partial charge in [-0.1, -0.05) is 26.8 Å². The van der Waals surface area contributed by atoms with Crippen LogP contribution >= 0.6 is 0 Å². The van der Waals surface area contributed by atoms with Crippen molar-refractivity contribution in [3.8, 4) is 5.75 Å². The molecule has 0 aliphatic carbocycles. The Balaban J connectivity index is 2.36. The summed E-state index contributed by atoms with van der Waals surface area (Å²) in [5.74, 6) is 0.105. The molecule has 6 heteroatoms. The van der Waals surface area contributed by atoms with E-state index < -0.39 is 4.92 Å². The predicted molar refractivity (Wildman–Crippen MR) is 88.8 cm³/mol. The number of nitro groups is 1. The van der Waals surface area contributed by atoms with Crippen molar-refractivity contribution in [3.05, 3.63) is 57.6 Å². The highest BCUT2D eigenvalue weighted by Gasteiger charge is 2.20. The Hall–Kier alpha value is -2.76. The molecular formula is C17H19N3O3. The maximum absolute atomic E-state index is 10.6. The van der Waals surface area contributed by atoms with E-state index in [0.29, 0.717) is 11.4 Å². The summed E-state index contributed by atoms with van der Waals surface area (Å²) in [7, 11) is 0. The monoisotopic (exact) mass is 313 g/mol. The Kier molecular flexibility index (Phi) is 4.45. The lowest BCUT2D eigenvalue weighted by atomic mass is 9.85. The molecule has 0 spiro atoms. The van der Waals surface area contributed by atoms with Gasteiger partial charge in [0.05, 0.1) is 10.6 Å². The molecule has 0 radical (unpaired) electrons. The third kappa shape index (κ3) is 3.91. The van der Waals surface area contributed by atoms with Crippen molar-refractivity contribution in [2.45, 2.75) is 33.1 Å². The van der Waals surface area contributed by atoms with Crippen LogP contribution in [0.25, 0.3) is 0 Å². The lowest BCUT2D eigenvalue weighted by Crippen LogP contribution is -2.11. The third-order valence-corrected chi connectivity index (χ3v) is 3.38. The van der Waals surface area contributed by atoms with E-state index in [2.05, 4.69) is 10.2 Å². The Morgan fingerprint density at radius 1 is 1.09 bits per heavy atom. The van der Waals surface area contributed by atoms with Crippen LogP contribution in [-0.4, -0.2) is 10.0 Å². The molecule has 0 amide bonds. The quantitative estimate of drug-likeness (QED) is 0.472. The van der Waals surface area contributed by atoms with Gasteiger partial charge in [-0.2, -0.15) is 5.11 Å². The number of hydrogen-bond acceptors (Lipinski definition) is 5. The number of benzene rings is 2. The van der Waals surface area contributed by atoms with Crippen molar-refractivity contribution < 1.29 is 10.0 Å². The van der Waals surface area contributed by atoms with Gasteiger partial charge in [-0.15, -0.1) is 5.11 Å². The number of aryl methyl sites for hydroxylation is 1. The molecule has 0 heterocycles. The van der Waals surface area contributed by atoms with E-state index in [1.54, 1.807) is 6.07 Å². The largest absolute Gasteiger partial charge is 0.505 e. The zero-order valence-electron chi connectivity index (χ0n) is 13.6. The Bertz CT molecular complexity index is 760. The molecule has 0 aromatic heterocycles. The van der Waals surface area contributed by atoms with Gasteiger partial charge in [0.1, 0.15) is 11.4 Å². The van der Waals surface area contributed by atoms with Gasteiger partial charge in [-0.25, -0.2) is 0 Å². The normalized spacial score (nSPS) is 11.8. The highest BCUT2D eigenvalue weighted by atomic mass is 16.6. The number of phenols is 1. The molecule has 23 heavy (non-hydrogen) atoms. The smallest absolute Gasteiger partial charge is 0.269 e. The number of azo groups is 1. The molecule has 2 rings (SSSR count). The molecule has 0 saturated heterocycles. The van der Waals surface area contributed by atoms with Gasteiger partial charge in [0, 0.05) is 17.7 Å². The summed E-state index contributed by atoms with van der Waals surface area (Å²) in [6, 6.07) is 9.44. The SMILES string of the molecule is Cc1cc(N=Nc2ccc([N+](=O)[O-])cc2)c(O)c(C(C)(C)C)c1. The lowest BCUT2D eigenvalue weighted by molar-refractivity contribution is -0.384. The molecule has 0 fully saturated rings. The molecule has 120 valence electrons. The summed E-state index contributed by atoms with van der Waals surface area (Å²) in [4.78, 5) is 10.2. The minimum absolute atomic E-state index is 0.00243. The summed E-state index contributed by atoms with van der Waals surface area (Å²) < 4.78 is 0. The van der Waals surface area contributed by atoms with Gasteiger partial charge in [-0.3, -0.25) is 10.1 Å². The number of nitrogens with zero attached hydrogens (tertiary/aromatic N) is 3. The van der Waals surface area contributed by atoms with E-state index >= 15 is 0 Å². The third-order valence-electron chi connectivity index (χ3n) is 3.38. The highest BCUT2D eigenvalue weighted by Crippen LogP contribution is 2.39. The van der Waals surface area contributed by atoms with Gasteiger partial charge in [-0.05, 0) is 36.1 Å². The standard InChI is InChI=1S/C17H19N3O3/c1-11-9-14(17(2,3)4)16(21)15(10-11)19-18-12-5-7-13(8-6-12)20(22)23/h5-10,21H,1-4H3. The summed E-state index contributed by atoms with van der Waals surface area (Å²) in [5.41, 5.74) is 2.42. The summed E-state index contributed by atoms with van der Waals surface area (Å²) in [6.45, 7) is 7.97. The fourth-order valence-corrected chi connectivity index (χ4v) is 2.16. The Morgan fingerprint density at radius 2 is 1.70 bits per heavy atom. The Labute approximate surface area is 134 Å². The first-order chi connectivity index (χ1) is 10.7. The molecule has 0 aliphatic rings. The van der Waals surface area contributed by atoms with Crippen LogP contribution in [0.15, 0.2) is 46.6 Å². The zero-order valence-corrected chi connectivity index (χ0v) is 13.6. The van der Waals surface area contributed by atoms with Crippen molar-refractivity contribution in [1.29, 1.82) is 0 Å². The van der Waals surface area contributed by atoms with Crippen LogP contribution in [0.3, 0.4) is 0 Å². The fourth-order valence-electron chi connectivity index (χ4n) is 2.16. The van der Waals surface area contributed by atoms with Crippen LogP contribution in [0.5, 0.6) is 5.75 Å². The molecule has 6 nitrogen and oxygen atoms in total. The first kappa shape index (κ1) is 16.6. The van der Waals surface area contributed by atoms with Crippen LogP contribution in [0, 0.1) is 17.0 Å². The molecule has 0 unspecified atom stereocenters. The van der Waals surface area contributed by atoms with Crippen LogP contribution in [-0.2, 0) is 5.41 Å². The molecule has 2 aromatic rings. The average Bonchev–Trinajstić information content (AvgIpc) is 2.47.